The molecule has 0 aliphatic rings. The number of imide groups is 1. The lowest BCUT2D eigenvalue weighted by atomic mass is 10.1. The Morgan fingerprint density at radius 1 is 1.20 bits per heavy atom. The van der Waals surface area contributed by atoms with Crippen molar-refractivity contribution in [1.82, 2.24) is 15.6 Å². The van der Waals surface area contributed by atoms with Crippen LogP contribution in [-0.2, 0) is 21.8 Å². The molecule has 30 heavy (non-hydrogen) atoms. The van der Waals surface area contributed by atoms with Gasteiger partial charge in [0.05, 0.1) is 18.4 Å². The van der Waals surface area contributed by atoms with Crippen molar-refractivity contribution in [3.05, 3.63) is 70.6 Å². The van der Waals surface area contributed by atoms with Crippen LogP contribution in [-0.4, -0.2) is 29.5 Å². The molecule has 0 spiro atoms. The van der Waals surface area contributed by atoms with E-state index in [4.69, 9.17) is 9.15 Å². The minimum atomic E-state index is -0.731. The number of amides is 3. The van der Waals surface area contributed by atoms with E-state index in [1.165, 1.54) is 18.0 Å². The van der Waals surface area contributed by atoms with Gasteiger partial charge in [0.2, 0.25) is 0 Å². The number of nitrogens with zero attached hydrogens (tertiary/aromatic N) is 1. The van der Waals surface area contributed by atoms with Gasteiger partial charge in [0.15, 0.2) is 6.61 Å². The third-order valence-electron chi connectivity index (χ3n) is 3.78. The smallest absolute Gasteiger partial charge is 0.338 e. The zero-order chi connectivity index (χ0) is 21.3. The third kappa shape index (κ3) is 6.46. The molecule has 10 heteroatoms. The quantitative estimate of drug-likeness (QED) is 0.403. The van der Waals surface area contributed by atoms with Crippen LogP contribution in [0.2, 0.25) is 0 Å². The normalized spacial score (nSPS) is 10.4. The summed E-state index contributed by atoms with van der Waals surface area (Å²) in [5, 5.41) is 6.52. The standard InChI is InChI=1S/C20H19N3O5S2/c1-13-11-29-20(22-13)30-12-14-5-2-3-7-16(14)18(25)28-10-17(24)23-19(26)21-9-15-6-4-8-27-15/h2-8,11H,9-10,12H2,1H3,(H2,21,23,24,26). The molecule has 8 nitrogen and oxygen atoms in total. The van der Waals surface area contributed by atoms with Gasteiger partial charge in [-0.05, 0) is 30.7 Å². The number of ether oxygens (including phenoxy) is 1. The first kappa shape index (κ1) is 21.6. The number of thioether (sulfide) groups is 1. The second-order valence-electron chi connectivity index (χ2n) is 6.09. The van der Waals surface area contributed by atoms with E-state index >= 15 is 0 Å². The summed E-state index contributed by atoms with van der Waals surface area (Å²) in [7, 11) is 0. The van der Waals surface area contributed by atoms with Crippen molar-refractivity contribution < 1.29 is 23.5 Å². The van der Waals surface area contributed by atoms with Crippen LogP contribution >= 0.6 is 23.1 Å². The molecule has 0 aliphatic heterocycles. The average molecular weight is 446 g/mol. The topological polar surface area (TPSA) is 111 Å². The number of furan rings is 1. The lowest BCUT2D eigenvalue weighted by Gasteiger charge is -2.09. The molecule has 2 heterocycles. The summed E-state index contributed by atoms with van der Waals surface area (Å²) >= 11 is 3.07. The van der Waals surface area contributed by atoms with Crippen LogP contribution in [0.3, 0.4) is 0 Å². The molecule has 0 aliphatic carbocycles. The minimum absolute atomic E-state index is 0.134. The fourth-order valence-corrected chi connectivity index (χ4v) is 4.23. The molecular weight excluding hydrogens is 426 g/mol. The largest absolute Gasteiger partial charge is 0.467 e. The minimum Gasteiger partial charge on any atom is -0.467 e. The highest BCUT2D eigenvalue weighted by molar-refractivity contribution is 8.00. The molecule has 0 fully saturated rings. The van der Waals surface area contributed by atoms with Crippen LogP contribution in [0.4, 0.5) is 4.79 Å². The average Bonchev–Trinajstić information content (AvgIpc) is 3.41. The van der Waals surface area contributed by atoms with Crippen LogP contribution in [0.5, 0.6) is 0 Å². The lowest BCUT2D eigenvalue weighted by molar-refractivity contribution is -0.123. The van der Waals surface area contributed by atoms with E-state index in [1.54, 1.807) is 35.6 Å². The molecule has 2 N–H and O–H groups in total. The number of hydrogen-bond donors (Lipinski definition) is 2. The maximum atomic E-state index is 12.4. The number of rotatable bonds is 8. The van der Waals surface area contributed by atoms with Gasteiger partial charge in [0.25, 0.3) is 5.91 Å². The number of carbonyl (C=O) groups is 3. The van der Waals surface area contributed by atoms with Gasteiger partial charge in [0.1, 0.15) is 10.1 Å². The van der Waals surface area contributed by atoms with Gasteiger partial charge in [-0.1, -0.05) is 30.0 Å². The Labute approximate surface area is 181 Å². The molecule has 3 aromatic rings. The van der Waals surface area contributed by atoms with E-state index in [-0.39, 0.29) is 6.54 Å². The number of benzene rings is 1. The maximum Gasteiger partial charge on any atom is 0.338 e. The molecular formula is C20H19N3O5S2. The number of nitrogens with one attached hydrogen (secondary N) is 2. The number of aromatic nitrogens is 1. The first-order valence-electron chi connectivity index (χ1n) is 8.91. The highest BCUT2D eigenvalue weighted by Crippen LogP contribution is 2.27. The Balaban J connectivity index is 1.47. The molecule has 1 aromatic carbocycles. The zero-order valence-electron chi connectivity index (χ0n) is 16.0. The Kier molecular flexibility index (Phi) is 7.63. The van der Waals surface area contributed by atoms with Crippen LogP contribution < -0.4 is 10.6 Å². The monoisotopic (exact) mass is 445 g/mol. The number of thiazole rings is 1. The van der Waals surface area contributed by atoms with Crippen LogP contribution in [0.1, 0.15) is 27.4 Å². The van der Waals surface area contributed by atoms with Gasteiger partial charge in [0, 0.05) is 16.8 Å². The van der Waals surface area contributed by atoms with E-state index in [2.05, 4.69) is 15.6 Å². The molecule has 2 aromatic heterocycles. The summed E-state index contributed by atoms with van der Waals surface area (Å²) in [4.78, 5) is 40.4. The Bertz CT molecular complexity index is 1020. The van der Waals surface area contributed by atoms with Crippen LogP contribution in [0, 0.1) is 6.92 Å². The van der Waals surface area contributed by atoms with Crippen molar-refractivity contribution in [2.45, 2.75) is 23.6 Å². The van der Waals surface area contributed by atoms with Crippen molar-refractivity contribution >= 4 is 41.0 Å². The van der Waals surface area contributed by atoms with E-state index in [9.17, 15) is 14.4 Å². The van der Waals surface area contributed by atoms with Crippen molar-refractivity contribution in [1.29, 1.82) is 0 Å². The van der Waals surface area contributed by atoms with Gasteiger partial charge >= 0.3 is 12.0 Å². The predicted molar refractivity (Wildman–Crippen MR) is 112 cm³/mol. The second kappa shape index (κ2) is 10.6. The number of esters is 1. The van der Waals surface area contributed by atoms with Crippen molar-refractivity contribution in [3.63, 3.8) is 0 Å². The van der Waals surface area contributed by atoms with E-state index in [1.807, 2.05) is 24.4 Å². The highest BCUT2D eigenvalue weighted by atomic mass is 32.2. The summed E-state index contributed by atoms with van der Waals surface area (Å²) in [5.41, 5.74) is 2.10. The fraction of sp³-hybridized carbons (Fsp3) is 0.200. The Morgan fingerprint density at radius 2 is 2.03 bits per heavy atom. The summed E-state index contributed by atoms with van der Waals surface area (Å²) < 4.78 is 11.1. The number of hydrogen-bond acceptors (Lipinski definition) is 8. The molecule has 0 saturated carbocycles. The van der Waals surface area contributed by atoms with Gasteiger partial charge in [-0.15, -0.1) is 11.3 Å². The molecule has 0 radical (unpaired) electrons. The molecule has 0 atom stereocenters. The Hall–Kier alpha value is -3.11. The summed E-state index contributed by atoms with van der Waals surface area (Å²) in [6, 6.07) is 9.69. The first-order valence-corrected chi connectivity index (χ1v) is 10.8. The van der Waals surface area contributed by atoms with Gasteiger partial charge in [-0.2, -0.15) is 0 Å². The van der Waals surface area contributed by atoms with E-state index < -0.39 is 24.5 Å². The number of carbonyl (C=O) groups excluding carboxylic acids is 3. The second-order valence-corrected chi connectivity index (χ2v) is 8.17. The zero-order valence-corrected chi connectivity index (χ0v) is 17.7. The van der Waals surface area contributed by atoms with Gasteiger partial charge < -0.3 is 14.5 Å². The van der Waals surface area contributed by atoms with Gasteiger partial charge in [-0.3, -0.25) is 10.1 Å². The molecule has 156 valence electrons. The Morgan fingerprint density at radius 3 is 2.77 bits per heavy atom. The molecule has 0 bridgehead atoms. The molecule has 0 unspecified atom stereocenters. The van der Waals surface area contributed by atoms with Crippen molar-refractivity contribution in [2.24, 2.45) is 0 Å². The van der Waals surface area contributed by atoms with Gasteiger partial charge in [-0.25, -0.2) is 14.6 Å². The van der Waals surface area contributed by atoms with Crippen LogP contribution in [0.25, 0.3) is 0 Å². The number of urea groups is 1. The molecule has 3 amide bonds. The summed E-state index contributed by atoms with van der Waals surface area (Å²) in [6.07, 6.45) is 1.48. The van der Waals surface area contributed by atoms with Crippen molar-refractivity contribution in [2.75, 3.05) is 6.61 Å². The lowest BCUT2D eigenvalue weighted by Crippen LogP contribution is -2.41. The van der Waals surface area contributed by atoms with Crippen LogP contribution in [0.15, 0.2) is 56.8 Å². The number of aryl methyl sites for hydroxylation is 1. The van der Waals surface area contributed by atoms with Crippen molar-refractivity contribution in [3.8, 4) is 0 Å². The fourth-order valence-electron chi connectivity index (χ4n) is 2.38. The summed E-state index contributed by atoms with van der Waals surface area (Å²) in [6.45, 7) is 1.49. The first-order chi connectivity index (χ1) is 14.5. The predicted octanol–water partition coefficient (Wildman–Crippen LogP) is 3.52. The SMILES string of the molecule is Cc1csc(SCc2ccccc2C(=O)OCC(=O)NC(=O)NCc2ccco2)n1. The highest BCUT2D eigenvalue weighted by Gasteiger charge is 2.16. The summed E-state index contributed by atoms with van der Waals surface area (Å²) in [5.74, 6) is -0.274. The van der Waals surface area contributed by atoms with E-state index in [0.717, 1.165) is 15.6 Å². The van der Waals surface area contributed by atoms with E-state index in [0.29, 0.717) is 17.1 Å². The molecule has 0 saturated heterocycles. The maximum absolute atomic E-state index is 12.4. The molecule has 3 rings (SSSR count). The third-order valence-corrected chi connectivity index (χ3v) is 5.96.